The van der Waals surface area contributed by atoms with Crippen LogP contribution >= 0.6 is 0 Å². The molecule has 2 aliphatic rings. The van der Waals surface area contributed by atoms with Crippen LogP contribution in [0.15, 0.2) is 24.3 Å². The van der Waals surface area contributed by atoms with E-state index in [9.17, 15) is 9.59 Å². The quantitative estimate of drug-likeness (QED) is 0.886. The molecule has 2 amide bonds. The maximum Gasteiger partial charge on any atom is 0.246 e. The van der Waals surface area contributed by atoms with Crippen molar-refractivity contribution in [2.45, 2.75) is 45.3 Å². The third-order valence-corrected chi connectivity index (χ3v) is 4.16. The molecule has 0 spiro atoms. The number of carbonyl (C=O) groups excluding carboxylic acids is 2. The van der Waals surface area contributed by atoms with Gasteiger partial charge in [0.15, 0.2) is 0 Å². The van der Waals surface area contributed by atoms with E-state index >= 15 is 0 Å². The zero-order valence-corrected chi connectivity index (χ0v) is 11.9. The number of hydrogen-bond acceptors (Lipinski definition) is 2. The van der Waals surface area contributed by atoms with Gasteiger partial charge in [-0.3, -0.25) is 9.59 Å². The Hall–Kier alpha value is -1.84. The molecular weight excluding hydrogens is 252 g/mol. The minimum atomic E-state index is -0.357. The van der Waals surface area contributed by atoms with Crippen LogP contribution in [0, 0.1) is 5.92 Å². The number of fused-ring (bicyclic) bond motifs is 2. The topological polar surface area (TPSA) is 49.4 Å². The molecule has 1 saturated heterocycles. The Labute approximate surface area is 119 Å². The van der Waals surface area contributed by atoms with Gasteiger partial charge in [-0.15, -0.1) is 0 Å². The molecule has 0 unspecified atom stereocenters. The zero-order valence-electron chi connectivity index (χ0n) is 11.9. The summed E-state index contributed by atoms with van der Waals surface area (Å²) in [5.41, 5.74) is 2.34. The highest BCUT2D eigenvalue weighted by atomic mass is 16.2. The Kier molecular flexibility index (Phi) is 3.24. The number of amides is 2. The number of rotatable bonds is 2. The van der Waals surface area contributed by atoms with E-state index in [0.29, 0.717) is 25.3 Å². The summed E-state index contributed by atoms with van der Waals surface area (Å²) in [7, 11) is 0. The van der Waals surface area contributed by atoms with Gasteiger partial charge in [-0.2, -0.15) is 0 Å². The molecule has 1 N–H and O–H groups in total. The van der Waals surface area contributed by atoms with Crippen LogP contribution in [0.5, 0.6) is 0 Å². The largest absolute Gasteiger partial charge is 0.342 e. The van der Waals surface area contributed by atoms with Gasteiger partial charge in [0, 0.05) is 13.0 Å². The first kappa shape index (κ1) is 13.2. The lowest BCUT2D eigenvalue weighted by Crippen LogP contribution is -2.64. The fraction of sp³-hybridized carbons (Fsp3) is 0.500. The molecule has 0 saturated carbocycles. The lowest BCUT2D eigenvalue weighted by atomic mass is 9.89. The van der Waals surface area contributed by atoms with Crippen molar-refractivity contribution >= 4 is 11.8 Å². The van der Waals surface area contributed by atoms with E-state index in [4.69, 9.17) is 0 Å². The number of benzene rings is 1. The Balaban J connectivity index is 1.88. The molecule has 0 aliphatic carbocycles. The maximum absolute atomic E-state index is 12.6. The highest BCUT2D eigenvalue weighted by molar-refractivity contribution is 5.97. The van der Waals surface area contributed by atoms with Crippen LogP contribution in [0.2, 0.25) is 0 Å². The van der Waals surface area contributed by atoms with Gasteiger partial charge in [-0.1, -0.05) is 38.1 Å². The molecule has 0 radical (unpaired) electrons. The van der Waals surface area contributed by atoms with Crippen LogP contribution in [-0.4, -0.2) is 28.8 Å². The Morgan fingerprint density at radius 2 is 1.95 bits per heavy atom. The third kappa shape index (κ3) is 2.19. The van der Waals surface area contributed by atoms with E-state index < -0.39 is 0 Å². The molecule has 1 aromatic carbocycles. The van der Waals surface area contributed by atoms with Gasteiger partial charge in [0.2, 0.25) is 11.8 Å². The van der Waals surface area contributed by atoms with Gasteiger partial charge in [0.1, 0.15) is 12.1 Å². The first-order valence-electron chi connectivity index (χ1n) is 7.24. The summed E-state index contributed by atoms with van der Waals surface area (Å²) in [4.78, 5) is 26.6. The van der Waals surface area contributed by atoms with Gasteiger partial charge >= 0.3 is 0 Å². The molecule has 106 valence electrons. The minimum Gasteiger partial charge on any atom is -0.342 e. The molecule has 1 aromatic rings. The Morgan fingerprint density at radius 1 is 1.25 bits per heavy atom. The second-order valence-electron chi connectivity index (χ2n) is 6.15. The molecule has 4 heteroatoms. The van der Waals surface area contributed by atoms with E-state index in [0.717, 1.165) is 5.56 Å². The van der Waals surface area contributed by atoms with Gasteiger partial charge in [-0.05, 0) is 23.5 Å². The van der Waals surface area contributed by atoms with Crippen LogP contribution < -0.4 is 5.32 Å². The van der Waals surface area contributed by atoms with E-state index in [1.165, 1.54) is 5.56 Å². The lowest BCUT2D eigenvalue weighted by Gasteiger charge is -2.42. The molecular formula is C16H20N2O2. The van der Waals surface area contributed by atoms with Crippen molar-refractivity contribution in [3.05, 3.63) is 35.4 Å². The van der Waals surface area contributed by atoms with Crippen LogP contribution in [0.1, 0.15) is 31.4 Å². The van der Waals surface area contributed by atoms with Crippen LogP contribution in [-0.2, 0) is 22.6 Å². The minimum absolute atomic E-state index is 0.00949. The first-order chi connectivity index (χ1) is 9.56. The summed E-state index contributed by atoms with van der Waals surface area (Å²) in [6.45, 7) is 4.69. The summed E-state index contributed by atoms with van der Waals surface area (Å²) < 4.78 is 0. The Morgan fingerprint density at radius 3 is 2.65 bits per heavy atom. The molecule has 1 fully saturated rings. The molecule has 4 nitrogen and oxygen atoms in total. The van der Waals surface area contributed by atoms with Crippen molar-refractivity contribution in [3.8, 4) is 0 Å². The van der Waals surface area contributed by atoms with Crippen molar-refractivity contribution in [1.29, 1.82) is 0 Å². The first-order valence-corrected chi connectivity index (χ1v) is 7.24. The van der Waals surface area contributed by atoms with Crippen molar-refractivity contribution in [2.24, 2.45) is 5.92 Å². The average Bonchev–Trinajstić information content (AvgIpc) is 2.42. The van der Waals surface area contributed by atoms with Gasteiger partial charge < -0.3 is 10.2 Å². The van der Waals surface area contributed by atoms with Gasteiger partial charge in [-0.25, -0.2) is 0 Å². The molecule has 3 rings (SSSR count). The normalized spacial score (nSPS) is 25.2. The number of piperazine rings is 1. The lowest BCUT2D eigenvalue weighted by molar-refractivity contribution is -0.151. The third-order valence-electron chi connectivity index (χ3n) is 4.16. The van der Waals surface area contributed by atoms with Crippen molar-refractivity contribution in [2.75, 3.05) is 0 Å². The van der Waals surface area contributed by atoms with Crippen molar-refractivity contribution in [1.82, 2.24) is 10.2 Å². The molecule has 2 atom stereocenters. The molecule has 2 heterocycles. The van der Waals surface area contributed by atoms with Crippen molar-refractivity contribution < 1.29 is 9.59 Å². The number of nitrogens with zero attached hydrogens (tertiary/aromatic N) is 1. The summed E-state index contributed by atoms with van der Waals surface area (Å²) >= 11 is 0. The van der Waals surface area contributed by atoms with E-state index in [2.05, 4.69) is 19.2 Å². The smallest absolute Gasteiger partial charge is 0.246 e. The van der Waals surface area contributed by atoms with Crippen molar-refractivity contribution in [3.63, 3.8) is 0 Å². The van der Waals surface area contributed by atoms with Crippen LogP contribution in [0.25, 0.3) is 0 Å². The highest BCUT2D eigenvalue weighted by Crippen LogP contribution is 2.27. The number of nitrogens with one attached hydrogen (secondary N) is 1. The average molecular weight is 272 g/mol. The van der Waals surface area contributed by atoms with Gasteiger partial charge in [0.25, 0.3) is 0 Å². The van der Waals surface area contributed by atoms with E-state index in [1.807, 2.05) is 24.3 Å². The zero-order chi connectivity index (χ0) is 14.3. The fourth-order valence-electron chi connectivity index (χ4n) is 3.15. The SMILES string of the molecule is CC(C)C[C@@H]1NC(=O)[C@H]2Cc3ccccc3CN2C1=O. The second-order valence-corrected chi connectivity index (χ2v) is 6.15. The summed E-state index contributed by atoms with van der Waals surface area (Å²) in [6, 6.07) is 7.37. The standard InChI is InChI=1S/C16H20N2O2/c1-10(2)7-13-16(20)18-9-12-6-4-3-5-11(12)8-14(18)15(19)17-13/h3-6,10,13-14H,7-9H2,1-2H3,(H,17,19)/t13-,14+/m0/s1. The molecule has 20 heavy (non-hydrogen) atoms. The highest BCUT2D eigenvalue weighted by Gasteiger charge is 2.42. The second kappa shape index (κ2) is 4.93. The predicted molar refractivity (Wildman–Crippen MR) is 75.9 cm³/mol. The summed E-state index contributed by atoms with van der Waals surface area (Å²) in [5, 5.41) is 2.90. The van der Waals surface area contributed by atoms with Gasteiger partial charge in [0.05, 0.1) is 0 Å². The van der Waals surface area contributed by atoms with E-state index in [-0.39, 0.29) is 23.9 Å². The summed E-state index contributed by atoms with van der Waals surface area (Å²) in [6.07, 6.45) is 1.33. The predicted octanol–water partition coefficient (Wildman–Crippen LogP) is 1.48. The number of carbonyl (C=O) groups is 2. The number of hydrogen-bond donors (Lipinski definition) is 1. The monoisotopic (exact) mass is 272 g/mol. The maximum atomic E-state index is 12.6. The fourth-order valence-corrected chi connectivity index (χ4v) is 3.15. The van der Waals surface area contributed by atoms with E-state index in [1.54, 1.807) is 4.90 Å². The van der Waals surface area contributed by atoms with Crippen LogP contribution in [0.3, 0.4) is 0 Å². The van der Waals surface area contributed by atoms with Crippen LogP contribution in [0.4, 0.5) is 0 Å². The Bertz CT molecular complexity index is 553. The molecule has 0 bridgehead atoms. The molecule has 0 aromatic heterocycles. The summed E-state index contributed by atoms with van der Waals surface area (Å²) in [5.74, 6) is 0.445. The molecule has 2 aliphatic heterocycles.